The molecule has 1 aliphatic rings. The van der Waals surface area contributed by atoms with Gasteiger partial charge in [-0.05, 0) is 18.4 Å². The molecule has 1 amide bonds. The molecule has 0 bridgehead atoms. The molecule has 1 aromatic carbocycles. The maximum atomic E-state index is 12.1. The van der Waals surface area contributed by atoms with Crippen molar-refractivity contribution in [2.75, 3.05) is 12.3 Å². The summed E-state index contributed by atoms with van der Waals surface area (Å²) in [6, 6.07) is 9.75. The smallest absolute Gasteiger partial charge is 0.410 e. The molecule has 0 aromatic heterocycles. The molecule has 0 N–H and O–H groups in total. The van der Waals surface area contributed by atoms with Gasteiger partial charge in [0, 0.05) is 25.3 Å². The van der Waals surface area contributed by atoms with Crippen LogP contribution in [-0.2, 0) is 16.1 Å². The van der Waals surface area contributed by atoms with E-state index in [4.69, 9.17) is 4.74 Å². The molecule has 0 spiro atoms. The fourth-order valence-corrected chi connectivity index (χ4v) is 3.04. The molecule has 1 aromatic rings. The Balaban J connectivity index is 1.83. The van der Waals surface area contributed by atoms with E-state index in [9.17, 15) is 9.59 Å². The first-order chi connectivity index (χ1) is 9.66. The van der Waals surface area contributed by atoms with Gasteiger partial charge in [0.05, 0.1) is 0 Å². The number of ether oxygens (including phenoxy) is 1. The number of amides is 1. The lowest BCUT2D eigenvalue weighted by Crippen LogP contribution is -2.37. The second kappa shape index (κ2) is 7.33. The summed E-state index contributed by atoms with van der Waals surface area (Å²) in [4.78, 5) is 24.8. The standard InChI is InChI=1S/C15H19NO3S/c1-12(17)20-11-14-8-5-9-16(14)15(18)19-10-13-6-3-2-4-7-13/h2-4,6-7,14H,5,8-11H2,1H3/t14-/m0/s1. The van der Waals surface area contributed by atoms with E-state index in [2.05, 4.69) is 0 Å². The van der Waals surface area contributed by atoms with E-state index in [1.807, 2.05) is 30.3 Å². The molecule has 4 nitrogen and oxygen atoms in total. The minimum atomic E-state index is -0.277. The summed E-state index contributed by atoms with van der Waals surface area (Å²) in [7, 11) is 0. The quantitative estimate of drug-likeness (QED) is 0.856. The second-order valence-electron chi connectivity index (χ2n) is 4.83. The number of carbonyl (C=O) groups excluding carboxylic acids is 2. The lowest BCUT2D eigenvalue weighted by atomic mass is 10.2. The van der Waals surface area contributed by atoms with Crippen molar-refractivity contribution in [3.8, 4) is 0 Å². The number of hydrogen-bond donors (Lipinski definition) is 0. The van der Waals surface area contributed by atoms with Crippen LogP contribution >= 0.6 is 11.8 Å². The highest BCUT2D eigenvalue weighted by Gasteiger charge is 2.30. The zero-order valence-corrected chi connectivity index (χ0v) is 12.4. The van der Waals surface area contributed by atoms with Crippen molar-refractivity contribution in [2.24, 2.45) is 0 Å². The molecule has 5 heteroatoms. The number of thioether (sulfide) groups is 1. The highest BCUT2D eigenvalue weighted by atomic mass is 32.2. The third-order valence-corrected chi connectivity index (χ3v) is 4.25. The van der Waals surface area contributed by atoms with E-state index in [0.29, 0.717) is 12.4 Å². The number of likely N-dealkylation sites (tertiary alicyclic amines) is 1. The number of hydrogen-bond acceptors (Lipinski definition) is 4. The summed E-state index contributed by atoms with van der Waals surface area (Å²) in [5.41, 5.74) is 0.981. The van der Waals surface area contributed by atoms with Crippen LogP contribution in [0.5, 0.6) is 0 Å². The molecule has 20 heavy (non-hydrogen) atoms. The van der Waals surface area contributed by atoms with Crippen molar-refractivity contribution >= 4 is 23.0 Å². The number of rotatable bonds is 4. The van der Waals surface area contributed by atoms with Crippen molar-refractivity contribution in [3.05, 3.63) is 35.9 Å². The van der Waals surface area contributed by atoms with E-state index < -0.39 is 0 Å². The Labute approximate surface area is 123 Å². The number of benzene rings is 1. The van der Waals surface area contributed by atoms with Crippen LogP contribution in [0.4, 0.5) is 4.79 Å². The van der Waals surface area contributed by atoms with E-state index in [0.717, 1.165) is 24.9 Å². The number of nitrogens with zero attached hydrogens (tertiary/aromatic N) is 1. The lowest BCUT2D eigenvalue weighted by molar-refractivity contribution is -0.109. The monoisotopic (exact) mass is 293 g/mol. The molecule has 2 rings (SSSR count). The normalized spacial score (nSPS) is 18.1. The van der Waals surface area contributed by atoms with Crippen molar-refractivity contribution in [3.63, 3.8) is 0 Å². The molecule has 0 unspecified atom stereocenters. The van der Waals surface area contributed by atoms with Gasteiger partial charge in [-0.15, -0.1) is 0 Å². The van der Waals surface area contributed by atoms with Crippen LogP contribution in [0, 0.1) is 0 Å². The Hall–Kier alpha value is -1.49. The van der Waals surface area contributed by atoms with Gasteiger partial charge in [-0.1, -0.05) is 42.1 Å². The van der Waals surface area contributed by atoms with Gasteiger partial charge in [-0.25, -0.2) is 4.79 Å². The minimum Gasteiger partial charge on any atom is -0.445 e. The summed E-state index contributed by atoms with van der Waals surface area (Å²) in [6.45, 7) is 2.57. The molecule has 1 atom stereocenters. The highest BCUT2D eigenvalue weighted by Crippen LogP contribution is 2.22. The van der Waals surface area contributed by atoms with Crippen LogP contribution in [0.3, 0.4) is 0 Å². The molecule has 1 saturated heterocycles. The average molecular weight is 293 g/mol. The lowest BCUT2D eigenvalue weighted by Gasteiger charge is -2.23. The van der Waals surface area contributed by atoms with Crippen molar-refractivity contribution in [1.82, 2.24) is 4.90 Å². The summed E-state index contributed by atoms with van der Waals surface area (Å²) in [6.07, 6.45) is 1.64. The van der Waals surface area contributed by atoms with E-state index >= 15 is 0 Å². The van der Waals surface area contributed by atoms with Gasteiger partial charge in [0.2, 0.25) is 0 Å². The first-order valence-electron chi connectivity index (χ1n) is 6.77. The molecule has 1 heterocycles. The van der Waals surface area contributed by atoms with Crippen molar-refractivity contribution < 1.29 is 14.3 Å². The summed E-state index contributed by atoms with van der Waals surface area (Å²) in [5, 5.41) is 0.0921. The van der Waals surface area contributed by atoms with Gasteiger partial charge < -0.3 is 9.64 Å². The Morgan fingerprint density at radius 1 is 1.35 bits per heavy atom. The molecule has 1 fully saturated rings. The zero-order valence-electron chi connectivity index (χ0n) is 11.6. The minimum absolute atomic E-state index is 0.0921. The Morgan fingerprint density at radius 2 is 2.10 bits per heavy atom. The van der Waals surface area contributed by atoms with E-state index in [-0.39, 0.29) is 17.3 Å². The molecule has 108 valence electrons. The average Bonchev–Trinajstić information content (AvgIpc) is 2.92. The largest absolute Gasteiger partial charge is 0.445 e. The van der Waals surface area contributed by atoms with E-state index in [1.165, 1.54) is 11.8 Å². The van der Waals surface area contributed by atoms with Gasteiger partial charge in [-0.2, -0.15) is 0 Å². The fourth-order valence-electron chi connectivity index (χ4n) is 2.27. The van der Waals surface area contributed by atoms with Gasteiger partial charge in [0.1, 0.15) is 6.61 Å². The van der Waals surface area contributed by atoms with Crippen LogP contribution in [0.2, 0.25) is 0 Å². The molecule has 1 aliphatic heterocycles. The summed E-state index contributed by atoms with van der Waals surface area (Å²) < 4.78 is 5.34. The van der Waals surface area contributed by atoms with Crippen LogP contribution in [0.1, 0.15) is 25.3 Å². The first kappa shape index (κ1) is 14.9. The first-order valence-corrected chi connectivity index (χ1v) is 7.76. The Bertz CT molecular complexity index is 463. The van der Waals surface area contributed by atoms with Crippen LogP contribution < -0.4 is 0 Å². The predicted octanol–water partition coefficient (Wildman–Crippen LogP) is 3.07. The SMILES string of the molecule is CC(=O)SC[C@@H]1CCCN1C(=O)OCc1ccccc1. The van der Waals surface area contributed by atoms with Crippen LogP contribution in [0.15, 0.2) is 30.3 Å². The summed E-state index contributed by atoms with van der Waals surface area (Å²) in [5.74, 6) is 0.662. The van der Waals surface area contributed by atoms with Gasteiger partial charge in [-0.3, -0.25) is 4.79 Å². The van der Waals surface area contributed by atoms with Gasteiger partial charge in [0.25, 0.3) is 0 Å². The van der Waals surface area contributed by atoms with Crippen LogP contribution in [0.25, 0.3) is 0 Å². The van der Waals surface area contributed by atoms with Gasteiger partial charge in [0.15, 0.2) is 5.12 Å². The molecule has 0 radical (unpaired) electrons. The highest BCUT2D eigenvalue weighted by molar-refractivity contribution is 8.13. The topological polar surface area (TPSA) is 46.6 Å². The van der Waals surface area contributed by atoms with Gasteiger partial charge >= 0.3 is 6.09 Å². The Kier molecular flexibility index (Phi) is 5.47. The van der Waals surface area contributed by atoms with E-state index in [1.54, 1.807) is 11.8 Å². The molecular weight excluding hydrogens is 274 g/mol. The Morgan fingerprint density at radius 3 is 2.80 bits per heavy atom. The van der Waals surface area contributed by atoms with Crippen molar-refractivity contribution in [1.29, 1.82) is 0 Å². The maximum Gasteiger partial charge on any atom is 0.410 e. The maximum absolute atomic E-state index is 12.1. The molecule has 0 aliphatic carbocycles. The predicted molar refractivity (Wildman–Crippen MR) is 79.5 cm³/mol. The fraction of sp³-hybridized carbons (Fsp3) is 0.467. The molecular formula is C15H19NO3S. The van der Waals surface area contributed by atoms with Crippen LogP contribution in [-0.4, -0.2) is 34.4 Å². The van der Waals surface area contributed by atoms with Crippen molar-refractivity contribution in [2.45, 2.75) is 32.4 Å². The third-order valence-electron chi connectivity index (χ3n) is 3.30. The zero-order chi connectivity index (χ0) is 14.4. The molecule has 0 saturated carbocycles. The summed E-state index contributed by atoms with van der Waals surface area (Å²) >= 11 is 1.28. The second-order valence-corrected chi connectivity index (χ2v) is 6.03. The number of carbonyl (C=O) groups is 2. The third kappa shape index (κ3) is 4.27.